The van der Waals surface area contributed by atoms with Gasteiger partial charge in [0, 0.05) is 18.7 Å². The Labute approximate surface area is 118 Å². The van der Waals surface area contributed by atoms with Crippen molar-refractivity contribution >= 4 is 17.3 Å². The molecule has 1 aromatic rings. The lowest BCUT2D eigenvalue weighted by Crippen LogP contribution is -2.19. The zero-order chi connectivity index (χ0) is 14.4. The fourth-order valence-electron chi connectivity index (χ4n) is 1.87. The van der Waals surface area contributed by atoms with E-state index in [1.807, 2.05) is 0 Å². The average Bonchev–Trinajstić information content (AvgIpc) is 2.86. The normalized spacial score (nSPS) is 12.4. The van der Waals surface area contributed by atoms with E-state index in [2.05, 4.69) is 12.2 Å². The molecule has 1 amide bonds. The Kier molecular flexibility index (Phi) is 5.06. The van der Waals surface area contributed by atoms with E-state index < -0.39 is 0 Å². The summed E-state index contributed by atoms with van der Waals surface area (Å²) in [5.74, 6) is 0.946. The predicted octanol–water partition coefficient (Wildman–Crippen LogP) is 2.14. The van der Waals surface area contributed by atoms with Gasteiger partial charge in [0.15, 0.2) is 11.5 Å². The third-order valence-electron chi connectivity index (χ3n) is 2.94. The summed E-state index contributed by atoms with van der Waals surface area (Å²) in [6.45, 7) is 2.91. The Morgan fingerprint density at radius 1 is 1.35 bits per heavy atom. The van der Waals surface area contributed by atoms with E-state index in [9.17, 15) is 4.79 Å². The molecule has 0 bridgehead atoms. The lowest BCUT2D eigenvalue weighted by Gasteiger charge is -2.09. The van der Waals surface area contributed by atoms with Crippen LogP contribution in [0.2, 0.25) is 0 Å². The van der Waals surface area contributed by atoms with Crippen molar-refractivity contribution in [2.75, 3.05) is 31.1 Å². The summed E-state index contributed by atoms with van der Waals surface area (Å²) in [5, 5.41) is 2.71. The SMILES string of the molecule is CCCCCOCC(=O)Nc1cc2c(cc1N)OCO2. The van der Waals surface area contributed by atoms with Crippen LogP contribution < -0.4 is 20.5 Å². The smallest absolute Gasteiger partial charge is 0.250 e. The molecular formula is C14H20N2O4. The first-order valence-electron chi connectivity index (χ1n) is 6.77. The number of ether oxygens (including phenoxy) is 3. The van der Waals surface area contributed by atoms with Gasteiger partial charge in [-0.15, -0.1) is 0 Å². The number of rotatable bonds is 7. The molecule has 1 heterocycles. The van der Waals surface area contributed by atoms with Crippen molar-refractivity contribution < 1.29 is 19.0 Å². The molecule has 6 heteroatoms. The molecule has 0 saturated carbocycles. The highest BCUT2D eigenvalue weighted by molar-refractivity contribution is 5.95. The van der Waals surface area contributed by atoms with Gasteiger partial charge < -0.3 is 25.3 Å². The van der Waals surface area contributed by atoms with Gasteiger partial charge in [-0.1, -0.05) is 19.8 Å². The van der Waals surface area contributed by atoms with Gasteiger partial charge in [-0.3, -0.25) is 4.79 Å². The first-order valence-corrected chi connectivity index (χ1v) is 6.77. The van der Waals surface area contributed by atoms with Crippen molar-refractivity contribution in [3.8, 4) is 11.5 Å². The Balaban J connectivity index is 1.82. The Morgan fingerprint density at radius 3 is 2.85 bits per heavy atom. The molecule has 0 aliphatic carbocycles. The Hall–Kier alpha value is -1.95. The van der Waals surface area contributed by atoms with Gasteiger partial charge in [0.2, 0.25) is 12.7 Å². The largest absolute Gasteiger partial charge is 0.454 e. The monoisotopic (exact) mass is 280 g/mol. The summed E-state index contributed by atoms with van der Waals surface area (Å²) in [4.78, 5) is 11.7. The fraction of sp³-hybridized carbons (Fsp3) is 0.500. The Bertz CT molecular complexity index is 476. The minimum atomic E-state index is -0.230. The van der Waals surface area contributed by atoms with Crippen molar-refractivity contribution in [1.82, 2.24) is 0 Å². The van der Waals surface area contributed by atoms with E-state index in [1.54, 1.807) is 12.1 Å². The molecule has 1 aromatic carbocycles. The molecule has 20 heavy (non-hydrogen) atoms. The number of hydrogen-bond donors (Lipinski definition) is 2. The number of nitrogen functional groups attached to an aromatic ring is 1. The van der Waals surface area contributed by atoms with Gasteiger partial charge >= 0.3 is 0 Å². The van der Waals surface area contributed by atoms with Crippen LogP contribution in [0.1, 0.15) is 26.2 Å². The minimum absolute atomic E-state index is 0.0254. The van der Waals surface area contributed by atoms with Crippen molar-refractivity contribution in [2.24, 2.45) is 0 Å². The van der Waals surface area contributed by atoms with Crippen LogP contribution in [0.3, 0.4) is 0 Å². The van der Waals surface area contributed by atoms with Crippen LogP contribution in [0.4, 0.5) is 11.4 Å². The van der Waals surface area contributed by atoms with E-state index in [1.165, 1.54) is 0 Å². The zero-order valence-electron chi connectivity index (χ0n) is 11.6. The van der Waals surface area contributed by atoms with E-state index >= 15 is 0 Å². The number of nitrogens with two attached hydrogens (primary N) is 1. The van der Waals surface area contributed by atoms with Crippen molar-refractivity contribution in [2.45, 2.75) is 26.2 Å². The molecule has 0 radical (unpaired) electrons. The predicted molar refractivity (Wildman–Crippen MR) is 76.0 cm³/mol. The molecule has 6 nitrogen and oxygen atoms in total. The summed E-state index contributed by atoms with van der Waals surface area (Å²) >= 11 is 0. The van der Waals surface area contributed by atoms with Gasteiger partial charge in [-0.05, 0) is 6.42 Å². The first kappa shape index (κ1) is 14.5. The van der Waals surface area contributed by atoms with Gasteiger partial charge in [0.05, 0.1) is 11.4 Å². The molecule has 0 atom stereocenters. The summed E-state index contributed by atoms with van der Waals surface area (Å²) in [6, 6.07) is 3.30. The standard InChI is InChI=1S/C14H20N2O4/c1-2-3-4-5-18-8-14(17)16-11-7-13-12(6-10(11)15)19-9-20-13/h6-7H,2-5,8-9,15H2,1H3,(H,16,17). The number of benzene rings is 1. The molecule has 0 fully saturated rings. The topological polar surface area (TPSA) is 82.8 Å². The van der Waals surface area contributed by atoms with Crippen LogP contribution >= 0.6 is 0 Å². The molecule has 0 unspecified atom stereocenters. The summed E-state index contributed by atoms with van der Waals surface area (Å²) in [6.07, 6.45) is 3.20. The van der Waals surface area contributed by atoms with Crippen LogP contribution in [0.15, 0.2) is 12.1 Å². The number of fused-ring (bicyclic) bond motifs is 1. The molecule has 3 N–H and O–H groups in total. The molecule has 1 aliphatic heterocycles. The molecule has 2 rings (SSSR count). The second-order valence-electron chi connectivity index (χ2n) is 4.60. The van der Waals surface area contributed by atoms with Crippen LogP contribution in [0.5, 0.6) is 11.5 Å². The number of hydrogen-bond acceptors (Lipinski definition) is 5. The average molecular weight is 280 g/mol. The second kappa shape index (κ2) is 7.00. The molecule has 1 aliphatic rings. The maximum absolute atomic E-state index is 11.7. The highest BCUT2D eigenvalue weighted by Gasteiger charge is 2.17. The third-order valence-corrected chi connectivity index (χ3v) is 2.94. The third kappa shape index (κ3) is 3.77. The summed E-state index contributed by atoms with van der Waals surface area (Å²) in [7, 11) is 0. The van der Waals surface area contributed by atoms with Crippen LogP contribution in [0.25, 0.3) is 0 Å². The number of amides is 1. The second-order valence-corrected chi connectivity index (χ2v) is 4.60. The highest BCUT2D eigenvalue weighted by Crippen LogP contribution is 2.38. The van der Waals surface area contributed by atoms with Gasteiger partial charge in [0.1, 0.15) is 6.61 Å². The molecule has 0 aromatic heterocycles. The molecular weight excluding hydrogens is 260 g/mol. The maximum Gasteiger partial charge on any atom is 0.250 e. The van der Waals surface area contributed by atoms with Crippen LogP contribution in [0, 0.1) is 0 Å². The van der Waals surface area contributed by atoms with E-state index in [4.69, 9.17) is 19.9 Å². The van der Waals surface area contributed by atoms with Crippen molar-refractivity contribution in [3.05, 3.63) is 12.1 Å². The number of unbranched alkanes of at least 4 members (excludes halogenated alkanes) is 2. The number of anilines is 2. The van der Waals surface area contributed by atoms with Gasteiger partial charge in [-0.25, -0.2) is 0 Å². The number of carbonyl (C=O) groups excluding carboxylic acids is 1. The highest BCUT2D eigenvalue weighted by atomic mass is 16.7. The van der Waals surface area contributed by atoms with E-state index in [-0.39, 0.29) is 19.3 Å². The summed E-state index contributed by atoms with van der Waals surface area (Å²) < 4.78 is 15.7. The summed E-state index contributed by atoms with van der Waals surface area (Å²) in [5.41, 5.74) is 6.79. The van der Waals surface area contributed by atoms with Gasteiger partial charge in [-0.2, -0.15) is 0 Å². The van der Waals surface area contributed by atoms with Crippen LogP contribution in [-0.2, 0) is 9.53 Å². The quantitative estimate of drug-likeness (QED) is 0.590. The number of nitrogens with one attached hydrogen (secondary N) is 1. The maximum atomic E-state index is 11.7. The zero-order valence-corrected chi connectivity index (χ0v) is 11.6. The molecule has 0 spiro atoms. The minimum Gasteiger partial charge on any atom is -0.454 e. The van der Waals surface area contributed by atoms with Crippen molar-refractivity contribution in [1.29, 1.82) is 0 Å². The van der Waals surface area contributed by atoms with Crippen LogP contribution in [-0.4, -0.2) is 25.9 Å². The van der Waals surface area contributed by atoms with Gasteiger partial charge in [0.25, 0.3) is 0 Å². The first-order chi connectivity index (χ1) is 9.70. The van der Waals surface area contributed by atoms with E-state index in [0.29, 0.717) is 29.5 Å². The molecule has 110 valence electrons. The van der Waals surface area contributed by atoms with E-state index in [0.717, 1.165) is 19.3 Å². The number of carbonyl (C=O) groups is 1. The Morgan fingerprint density at radius 2 is 2.10 bits per heavy atom. The lowest BCUT2D eigenvalue weighted by molar-refractivity contribution is -0.120. The van der Waals surface area contributed by atoms with Crippen molar-refractivity contribution in [3.63, 3.8) is 0 Å². The molecule has 0 saturated heterocycles. The fourth-order valence-corrected chi connectivity index (χ4v) is 1.87. The lowest BCUT2D eigenvalue weighted by atomic mass is 10.2.